The Morgan fingerprint density at radius 3 is 2.53 bits per heavy atom. The number of rotatable bonds is 3. The Hall–Kier alpha value is -1.38. The monoisotopic (exact) mass is 295 g/mol. The highest BCUT2D eigenvalue weighted by atomic mass is 32.2. The zero-order valence-electron chi connectivity index (χ0n) is 9.81. The van der Waals surface area contributed by atoms with Crippen LogP contribution in [0, 0.1) is 0 Å². The molecule has 0 amide bonds. The zero-order chi connectivity index (χ0) is 14.1. The lowest BCUT2D eigenvalue weighted by atomic mass is 10.2. The van der Waals surface area contributed by atoms with Crippen molar-refractivity contribution in [3.8, 4) is 0 Å². The van der Waals surface area contributed by atoms with E-state index in [1.807, 2.05) is 0 Å². The van der Waals surface area contributed by atoms with Crippen molar-refractivity contribution in [1.29, 1.82) is 0 Å². The van der Waals surface area contributed by atoms with Crippen molar-refractivity contribution >= 4 is 15.7 Å². The molecule has 1 saturated heterocycles. The first-order chi connectivity index (χ1) is 8.79. The van der Waals surface area contributed by atoms with Gasteiger partial charge in [-0.1, -0.05) is 0 Å². The lowest BCUT2D eigenvalue weighted by Gasteiger charge is -2.11. The quantitative estimate of drug-likeness (QED) is 0.914. The van der Waals surface area contributed by atoms with Crippen molar-refractivity contribution in [1.82, 2.24) is 10.2 Å². The first kappa shape index (κ1) is 14.0. The molecule has 1 aliphatic heterocycles. The topological polar surface area (TPSA) is 72.0 Å². The molecule has 0 aliphatic carbocycles. The first-order valence-electron chi connectivity index (χ1n) is 5.65. The first-order valence-corrected chi connectivity index (χ1v) is 7.37. The number of nitrogens with zero attached hydrogens (tertiary/aromatic N) is 2. The summed E-state index contributed by atoms with van der Waals surface area (Å²) in [5.41, 5.74) is -1.08. The van der Waals surface area contributed by atoms with E-state index in [0.717, 1.165) is 12.1 Å². The van der Waals surface area contributed by atoms with Gasteiger partial charge in [-0.25, -0.2) is 8.42 Å². The fourth-order valence-corrected chi connectivity index (χ4v) is 3.65. The lowest BCUT2D eigenvalue weighted by molar-refractivity contribution is -0.141. The molecule has 1 N–H and O–H groups in total. The highest BCUT2D eigenvalue weighted by molar-refractivity contribution is 7.92. The summed E-state index contributed by atoms with van der Waals surface area (Å²) in [5, 5.41) is 8.62. The van der Waals surface area contributed by atoms with Crippen molar-refractivity contribution in [3.05, 3.63) is 17.8 Å². The number of sulfone groups is 1. The fourth-order valence-electron chi connectivity index (χ4n) is 1.88. The summed E-state index contributed by atoms with van der Waals surface area (Å²) in [7, 11) is -3.08. The molecule has 1 aromatic rings. The van der Waals surface area contributed by atoms with Crippen molar-refractivity contribution in [2.75, 3.05) is 17.6 Å². The van der Waals surface area contributed by atoms with Crippen molar-refractivity contribution < 1.29 is 21.6 Å². The Morgan fingerprint density at radius 1 is 1.32 bits per heavy atom. The summed E-state index contributed by atoms with van der Waals surface area (Å²) in [6, 6.07) is 1.94. The largest absolute Gasteiger partial charge is 0.435 e. The van der Waals surface area contributed by atoms with E-state index in [4.69, 9.17) is 0 Å². The smallest absolute Gasteiger partial charge is 0.367 e. The van der Waals surface area contributed by atoms with Crippen LogP contribution in [0.2, 0.25) is 0 Å². The van der Waals surface area contributed by atoms with Crippen LogP contribution in [-0.2, 0) is 16.0 Å². The summed E-state index contributed by atoms with van der Waals surface area (Å²) in [6.45, 7) is 0.141. The second kappa shape index (κ2) is 4.95. The standard InChI is InChI=1S/C10H12F3N3O2S/c11-10(12,13)8-3-4-9(16-15-8)14-6-7-2-1-5-19(7,17)18/h3-4,7H,1-2,5-6H2,(H,14,16). The molecule has 2 heterocycles. The molecule has 9 heteroatoms. The van der Waals surface area contributed by atoms with Gasteiger partial charge in [-0.05, 0) is 25.0 Å². The van der Waals surface area contributed by atoms with Gasteiger partial charge in [0.05, 0.1) is 11.0 Å². The average Bonchev–Trinajstić information content (AvgIpc) is 2.65. The highest BCUT2D eigenvalue weighted by Gasteiger charge is 2.33. The van der Waals surface area contributed by atoms with E-state index in [2.05, 4.69) is 15.5 Å². The number of nitrogens with one attached hydrogen (secondary N) is 1. The van der Waals surface area contributed by atoms with Gasteiger partial charge < -0.3 is 5.32 Å². The van der Waals surface area contributed by atoms with Crippen LogP contribution < -0.4 is 5.32 Å². The second-order valence-corrected chi connectivity index (χ2v) is 6.71. The minimum atomic E-state index is -4.53. The molecule has 0 spiro atoms. The van der Waals surface area contributed by atoms with Crippen LogP contribution in [0.3, 0.4) is 0 Å². The molecule has 0 radical (unpaired) electrons. The molecule has 0 aromatic carbocycles. The Morgan fingerprint density at radius 2 is 2.05 bits per heavy atom. The average molecular weight is 295 g/mol. The predicted molar refractivity (Wildman–Crippen MR) is 62.3 cm³/mol. The number of alkyl halides is 3. The maximum Gasteiger partial charge on any atom is 0.435 e. The van der Waals surface area contributed by atoms with Gasteiger partial charge in [0.1, 0.15) is 5.82 Å². The molecule has 1 atom stereocenters. The van der Waals surface area contributed by atoms with Gasteiger partial charge in [0.15, 0.2) is 15.5 Å². The third-order valence-electron chi connectivity index (χ3n) is 2.93. The van der Waals surface area contributed by atoms with Gasteiger partial charge in [-0.3, -0.25) is 0 Å². The Bertz CT molecular complexity index is 542. The van der Waals surface area contributed by atoms with E-state index in [-0.39, 0.29) is 18.1 Å². The van der Waals surface area contributed by atoms with Crippen LogP contribution in [0.4, 0.5) is 19.0 Å². The highest BCUT2D eigenvalue weighted by Crippen LogP contribution is 2.27. The zero-order valence-corrected chi connectivity index (χ0v) is 10.6. The van der Waals surface area contributed by atoms with E-state index in [9.17, 15) is 21.6 Å². The van der Waals surface area contributed by atoms with Crippen LogP contribution >= 0.6 is 0 Å². The van der Waals surface area contributed by atoms with Gasteiger partial charge >= 0.3 is 6.18 Å². The molecule has 0 bridgehead atoms. The van der Waals surface area contributed by atoms with Gasteiger partial charge in [0.25, 0.3) is 0 Å². The summed E-state index contributed by atoms with van der Waals surface area (Å²) in [5.74, 6) is 0.299. The minimum absolute atomic E-state index is 0.134. The van der Waals surface area contributed by atoms with E-state index >= 15 is 0 Å². The maximum absolute atomic E-state index is 12.3. The van der Waals surface area contributed by atoms with Crippen LogP contribution in [0.5, 0.6) is 0 Å². The number of anilines is 1. The normalized spacial score (nSPS) is 22.4. The number of hydrogen-bond acceptors (Lipinski definition) is 5. The summed E-state index contributed by atoms with van der Waals surface area (Å²) < 4.78 is 59.8. The molecular formula is C10H12F3N3O2S. The maximum atomic E-state index is 12.3. The SMILES string of the molecule is O=S1(=O)CCCC1CNc1ccc(C(F)(F)F)nn1. The van der Waals surface area contributed by atoms with Crippen LogP contribution in [0.15, 0.2) is 12.1 Å². The van der Waals surface area contributed by atoms with Crippen LogP contribution in [0.25, 0.3) is 0 Å². The fraction of sp³-hybridized carbons (Fsp3) is 0.600. The number of halogens is 3. The molecule has 0 saturated carbocycles. The van der Waals surface area contributed by atoms with Gasteiger partial charge in [-0.2, -0.15) is 13.2 Å². The van der Waals surface area contributed by atoms with Gasteiger partial charge in [0.2, 0.25) is 0 Å². The van der Waals surface area contributed by atoms with Gasteiger partial charge in [0, 0.05) is 6.54 Å². The molecule has 2 rings (SSSR count). The molecule has 1 aliphatic rings. The summed E-state index contributed by atoms with van der Waals surface area (Å²) in [4.78, 5) is 0. The molecule has 19 heavy (non-hydrogen) atoms. The summed E-state index contributed by atoms with van der Waals surface area (Å²) >= 11 is 0. The van der Waals surface area contributed by atoms with E-state index in [1.54, 1.807) is 0 Å². The van der Waals surface area contributed by atoms with E-state index < -0.39 is 27.0 Å². The van der Waals surface area contributed by atoms with E-state index in [0.29, 0.717) is 12.8 Å². The predicted octanol–water partition coefficient (Wildman–Crippen LogP) is 1.48. The minimum Gasteiger partial charge on any atom is -0.367 e. The Kier molecular flexibility index (Phi) is 3.66. The summed E-state index contributed by atoms with van der Waals surface area (Å²) in [6.07, 6.45) is -3.35. The molecule has 1 fully saturated rings. The Balaban J connectivity index is 1.97. The third-order valence-corrected chi connectivity index (χ3v) is 5.20. The second-order valence-electron chi connectivity index (χ2n) is 4.31. The molecule has 106 valence electrons. The lowest BCUT2D eigenvalue weighted by Crippen LogP contribution is -2.25. The molecule has 1 aromatic heterocycles. The van der Waals surface area contributed by atoms with E-state index in [1.165, 1.54) is 0 Å². The molecular weight excluding hydrogens is 283 g/mol. The Labute approximate surface area is 108 Å². The number of hydrogen-bond donors (Lipinski definition) is 1. The number of aromatic nitrogens is 2. The van der Waals surface area contributed by atoms with Crippen molar-refractivity contribution in [2.45, 2.75) is 24.3 Å². The van der Waals surface area contributed by atoms with Gasteiger partial charge in [-0.15, -0.1) is 10.2 Å². The van der Waals surface area contributed by atoms with Crippen molar-refractivity contribution in [2.24, 2.45) is 0 Å². The molecule has 1 unspecified atom stereocenters. The van der Waals surface area contributed by atoms with Crippen LogP contribution in [0.1, 0.15) is 18.5 Å². The third kappa shape index (κ3) is 3.34. The van der Waals surface area contributed by atoms with Crippen LogP contribution in [-0.4, -0.2) is 36.2 Å². The molecule has 5 nitrogen and oxygen atoms in total. The van der Waals surface area contributed by atoms with Crippen molar-refractivity contribution in [3.63, 3.8) is 0 Å².